The smallest absolute Gasteiger partial charge is 0.315 e. The number of hydrogen-bond donors (Lipinski definition) is 3. The summed E-state index contributed by atoms with van der Waals surface area (Å²) in [6.07, 6.45) is 3.88. The van der Waals surface area contributed by atoms with E-state index in [0.29, 0.717) is 18.6 Å². The topological polar surface area (TPSA) is 91.6 Å². The van der Waals surface area contributed by atoms with Gasteiger partial charge in [-0.2, -0.15) is 0 Å². The molecule has 2 amide bonds. The van der Waals surface area contributed by atoms with E-state index >= 15 is 0 Å². The van der Waals surface area contributed by atoms with E-state index in [1.807, 2.05) is 6.92 Å². The van der Waals surface area contributed by atoms with Crippen molar-refractivity contribution >= 4 is 12.0 Å². The lowest BCUT2D eigenvalue weighted by Crippen LogP contribution is -2.57. The lowest BCUT2D eigenvalue weighted by Gasteiger charge is -2.41. The first-order valence-electron chi connectivity index (χ1n) is 6.35. The Kier molecular flexibility index (Phi) is 3.78. The van der Waals surface area contributed by atoms with Crippen molar-refractivity contribution in [2.75, 3.05) is 0 Å². The largest absolute Gasteiger partial charge is 0.481 e. The van der Waals surface area contributed by atoms with Crippen molar-refractivity contribution in [1.82, 2.24) is 10.6 Å². The number of amides is 2. The van der Waals surface area contributed by atoms with Crippen LogP contribution in [0.3, 0.4) is 0 Å². The van der Waals surface area contributed by atoms with Crippen LogP contribution >= 0.6 is 0 Å². The fraction of sp³-hybridized carbons (Fsp3) is 0.538. The highest BCUT2D eigenvalue weighted by Gasteiger charge is 2.40. The quantitative estimate of drug-likeness (QED) is 0.760. The van der Waals surface area contributed by atoms with Crippen LogP contribution in [0.1, 0.15) is 44.4 Å². The Labute approximate surface area is 111 Å². The van der Waals surface area contributed by atoms with Crippen molar-refractivity contribution in [3.05, 3.63) is 24.2 Å². The predicted molar refractivity (Wildman–Crippen MR) is 67.6 cm³/mol. The summed E-state index contributed by atoms with van der Waals surface area (Å²) in [4.78, 5) is 22.7. The van der Waals surface area contributed by atoms with E-state index in [2.05, 4.69) is 10.6 Å². The number of aliphatic carboxylic acids is 1. The van der Waals surface area contributed by atoms with Gasteiger partial charge in [-0.25, -0.2) is 4.79 Å². The number of nitrogens with one attached hydrogen (secondary N) is 2. The molecule has 1 fully saturated rings. The van der Waals surface area contributed by atoms with Crippen LogP contribution in [-0.4, -0.2) is 22.6 Å². The monoisotopic (exact) mass is 266 g/mol. The van der Waals surface area contributed by atoms with Gasteiger partial charge in [0.15, 0.2) is 0 Å². The molecular weight excluding hydrogens is 248 g/mol. The number of furan rings is 1. The Balaban J connectivity index is 1.88. The third-order valence-corrected chi connectivity index (χ3v) is 3.50. The highest BCUT2D eigenvalue weighted by atomic mass is 16.4. The van der Waals surface area contributed by atoms with Crippen molar-refractivity contribution in [1.29, 1.82) is 0 Å². The molecular formula is C13H18N2O4. The summed E-state index contributed by atoms with van der Waals surface area (Å²) in [7, 11) is 0. The number of carboxylic acid groups (broad SMARTS) is 1. The van der Waals surface area contributed by atoms with E-state index in [1.165, 1.54) is 0 Å². The van der Waals surface area contributed by atoms with Crippen LogP contribution in [0.5, 0.6) is 0 Å². The zero-order valence-electron chi connectivity index (χ0n) is 10.8. The van der Waals surface area contributed by atoms with E-state index in [9.17, 15) is 9.59 Å². The van der Waals surface area contributed by atoms with Gasteiger partial charge in [0.25, 0.3) is 0 Å². The Morgan fingerprint density at radius 1 is 1.53 bits per heavy atom. The molecule has 0 radical (unpaired) electrons. The zero-order valence-corrected chi connectivity index (χ0v) is 10.8. The molecule has 0 saturated heterocycles. The molecule has 0 bridgehead atoms. The first-order chi connectivity index (χ1) is 9.01. The molecule has 1 unspecified atom stereocenters. The summed E-state index contributed by atoms with van der Waals surface area (Å²) in [5.74, 6) is -0.227. The van der Waals surface area contributed by atoms with Crippen LogP contribution < -0.4 is 10.6 Å². The summed E-state index contributed by atoms with van der Waals surface area (Å²) in [5, 5.41) is 14.4. The summed E-state index contributed by atoms with van der Waals surface area (Å²) in [6.45, 7) is 1.81. The van der Waals surface area contributed by atoms with Gasteiger partial charge in [-0.3, -0.25) is 4.79 Å². The molecule has 1 saturated carbocycles. The van der Waals surface area contributed by atoms with Crippen LogP contribution in [-0.2, 0) is 4.79 Å². The second-order valence-electron chi connectivity index (χ2n) is 5.04. The van der Waals surface area contributed by atoms with Gasteiger partial charge in [0.2, 0.25) is 0 Å². The average molecular weight is 266 g/mol. The number of rotatable bonds is 5. The number of carbonyl (C=O) groups is 2. The predicted octanol–water partition coefficient (Wildman–Crippen LogP) is 2.04. The van der Waals surface area contributed by atoms with Gasteiger partial charge in [0.05, 0.1) is 24.3 Å². The molecule has 2 rings (SSSR count). The molecule has 3 N–H and O–H groups in total. The van der Waals surface area contributed by atoms with Crippen LogP contribution in [0.2, 0.25) is 0 Å². The van der Waals surface area contributed by atoms with E-state index in [0.717, 1.165) is 6.42 Å². The minimum absolute atomic E-state index is 0.0322. The van der Waals surface area contributed by atoms with Crippen molar-refractivity contribution in [3.63, 3.8) is 0 Å². The highest BCUT2D eigenvalue weighted by molar-refractivity contribution is 5.77. The lowest BCUT2D eigenvalue weighted by atomic mass is 9.74. The van der Waals surface area contributed by atoms with Crippen LogP contribution in [0, 0.1) is 0 Å². The zero-order chi connectivity index (χ0) is 13.9. The molecule has 1 aliphatic carbocycles. The molecule has 1 aliphatic rings. The van der Waals surface area contributed by atoms with Gasteiger partial charge in [-0.05, 0) is 38.3 Å². The third kappa shape index (κ3) is 3.27. The molecule has 104 valence electrons. The number of hydrogen-bond acceptors (Lipinski definition) is 3. The standard InChI is InChI=1S/C13H18N2O4/c1-9(10-4-2-7-19-10)14-12(18)15-13(5-3-6-13)8-11(16)17/h2,4,7,9H,3,5-6,8H2,1H3,(H,16,17)(H2,14,15,18). The van der Waals surface area contributed by atoms with E-state index in [4.69, 9.17) is 9.52 Å². The fourth-order valence-corrected chi connectivity index (χ4v) is 2.32. The molecule has 1 aromatic rings. The van der Waals surface area contributed by atoms with Gasteiger partial charge in [0, 0.05) is 0 Å². The summed E-state index contributed by atoms with van der Waals surface area (Å²) >= 11 is 0. The van der Waals surface area contributed by atoms with Gasteiger partial charge in [-0.15, -0.1) is 0 Å². The van der Waals surface area contributed by atoms with Crippen LogP contribution in [0.15, 0.2) is 22.8 Å². The Bertz CT molecular complexity index is 451. The van der Waals surface area contributed by atoms with Crippen molar-refractivity contribution < 1.29 is 19.1 Å². The number of carboxylic acids is 1. The molecule has 0 aliphatic heterocycles. The first-order valence-corrected chi connectivity index (χ1v) is 6.35. The van der Waals surface area contributed by atoms with E-state index in [-0.39, 0.29) is 18.5 Å². The molecule has 6 nitrogen and oxygen atoms in total. The minimum atomic E-state index is -0.890. The third-order valence-electron chi connectivity index (χ3n) is 3.50. The van der Waals surface area contributed by atoms with Crippen molar-refractivity contribution in [2.45, 2.75) is 44.2 Å². The van der Waals surface area contributed by atoms with Crippen LogP contribution in [0.4, 0.5) is 4.79 Å². The normalized spacial score (nSPS) is 18.2. The Morgan fingerprint density at radius 2 is 2.26 bits per heavy atom. The minimum Gasteiger partial charge on any atom is -0.481 e. The molecule has 1 aromatic heterocycles. The highest BCUT2D eigenvalue weighted by Crippen LogP contribution is 2.34. The van der Waals surface area contributed by atoms with Gasteiger partial charge in [-0.1, -0.05) is 0 Å². The van der Waals surface area contributed by atoms with E-state index < -0.39 is 11.5 Å². The molecule has 0 spiro atoms. The maximum Gasteiger partial charge on any atom is 0.315 e. The SMILES string of the molecule is CC(NC(=O)NC1(CC(=O)O)CCC1)c1ccco1. The Morgan fingerprint density at radius 3 is 2.74 bits per heavy atom. The van der Waals surface area contributed by atoms with E-state index in [1.54, 1.807) is 18.4 Å². The second kappa shape index (κ2) is 5.34. The number of carbonyl (C=O) groups excluding carboxylic acids is 1. The molecule has 1 heterocycles. The summed E-state index contributed by atoms with van der Waals surface area (Å²) in [5.41, 5.74) is -0.585. The molecule has 19 heavy (non-hydrogen) atoms. The maximum absolute atomic E-state index is 11.9. The van der Waals surface area contributed by atoms with Gasteiger partial charge in [0.1, 0.15) is 5.76 Å². The molecule has 1 atom stereocenters. The fourth-order valence-electron chi connectivity index (χ4n) is 2.32. The first kappa shape index (κ1) is 13.5. The lowest BCUT2D eigenvalue weighted by molar-refractivity contribution is -0.139. The summed E-state index contributed by atoms with van der Waals surface area (Å²) in [6, 6.07) is 2.92. The van der Waals surface area contributed by atoms with Gasteiger partial charge < -0.3 is 20.2 Å². The van der Waals surface area contributed by atoms with Crippen molar-refractivity contribution in [3.8, 4) is 0 Å². The molecule has 0 aromatic carbocycles. The maximum atomic E-state index is 11.9. The average Bonchev–Trinajstić information content (AvgIpc) is 2.78. The van der Waals surface area contributed by atoms with Crippen molar-refractivity contribution in [2.24, 2.45) is 0 Å². The number of urea groups is 1. The van der Waals surface area contributed by atoms with Gasteiger partial charge >= 0.3 is 12.0 Å². The Hall–Kier alpha value is -1.98. The molecule has 6 heteroatoms. The second-order valence-corrected chi connectivity index (χ2v) is 5.04. The van der Waals surface area contributed by atoms with Crippen LogP contribution in [0.25, 0.3) is 0 Å². The summed E-state index contributed by atoms with van der Waals surface area (Å²) < 4.78 is 5.19.